The lowest BCUT2D eigenvalue weighted by atomic mass is 10.1. The van der Waals surface area contributed by atoms with Gasteiger partial charge in [-0.3, -0.25) is 4.79 Å². The standard InChI is InChI=1S/C20H21ClFN3O3/c1-20(2,3)28-19(27)24-15-8-10-25(18(15)26)16-7-6-12(11-14(16)22)13-5-4-9-23-17(13)21/h4-7,9,11,15H,8,10H2,1-3H3,(H,24,27)/t15-/m0/s1. The molecule has 0 bridgehead atoms. The summed E-state index contributed by atoms with van der Waals surface area (Å²) in [6.07, 6.45) is 1.25. The largest absolute Gasteiger partial charge is 0.444 e. The maximum atomic E-state index is 14.7. The number of hydrogen-bond donors (Lipinski definition) is 1. The van der Waals surface area contributed by atoms with Crippen LogP contribution in [0.25, 0.3) is 11.1 Å². The second-order valence-corrected chi connectivity index (χ2v) is 7.84. The van der Waals surface area contributed by atoms with Gasteiger partial charge in [-0.2, -0.15) is 0 Å². The molecule has 0 radical (unpaired) electrons. The zero-order chi connectivity index (χ0) is 20.5. The summed E-state index contributed by atoms with van der Waals surface area (Å²) in [6.45, 7) is 5.51. The van der Waals surface area contributed by atoms with Gasteiger partial charge in [0.05, 0.1) is 5.69 Å². The number of anilines is 1. The number of alkyl carbamates (subject to hydrolysis) is 1. The number of nitrogens with one attached hydrogen (secondary N) is 1. The Kier molecular flexibility index (Phi) is 5.56. The van der Waals surface area contributed by atoms with Crippen LogP contribution in [0.2, 0.25) is 5.15 Å². The van der Waals surface area contributed by atoms with Crippen molar-refractivity contribution >= 4 is 29.3 Å². The molecule has 0 spiro atoms. The summed E-state index contributed by atoms with van der Waals surface area (Å²) < 4.78 is 19.9. The Labute approximate surface area is 167 Å². The number of ether oxygens (including phenoxy) is 1. The molecule has 1 fully saturated rings. The van der Waals surface area contributed by atoms with Gasteiger partial charge in [0.2, 0.25) is 5.91 Å². The molecule has 28 heavy (non-hydrogen) atoms. The van der Waals surface area contributed by atoms with Gasteiger partial charge in [-0.1, -0.05) is 17.7 Å². The molecule has 0 aliphatic carbocycles. The van der Waals surface area contributed by atoms with E-state index in [1.807, 2.05) is 0 Å². The van der Waals surface area contributed by atoms with Crippen LogP contribution in [0.5, 0.6) is 0 Å². The summed E-state index contributed by atoms with van der Waals surface area (Å²) in [5.74, 6) is -0.930. The first kappa shape index (κ1) is 20.1. The molecule has 1 N–H and O–H groups in total. The van der Waals surface area contributed by atoms with Crippen LogP contribution in [0.4, 0.5) is 14.9 Å². The molecule has 1 atom stereocenters. The molecule has 0 unspecified atom stereocenters. The minimum Gasteiger partial charge on any atom is -0.444 e. The Morgan fingerprint density at radius 1 is 1.36 bits per heavy atom. The number of rotatable bonds is 3. The average molecular weight is 406 g/mol. The number of aromatic nitrogens is 1. The lowest BCUT2D eigenvalue weighted by Crippen LogP contribution is -2.43. The van der Waals surface area contributed by atoms with E-state index in [-0.39, 0.29) is 16.7 Å². The Bertz CT molecular complexity index is 914. The molecule has 1 aliphatic heterocycles. The number of amides is 2. The first-order chi connectivity index (χ1) is 13.2. The summed E-state index contributed by atoms with van der Waals surface area (Å²) in [5.41, 5.74) is 0.657. The highest BCUT2D eigenvalue weighted by Crippen LogP contribution is 2.31. The van der Waals surface area contributed by atoms with Crippen LogP contribution in [-0.2, 0) is 9.53 Å². The molecule has 3 rings (SSSR count). The van der Waals surface area contributed by atoms with Gasteiger partial charge < -0.3 is 15.0 Å². The van der Waals surface area contributed by atoms with Crippen LogP contribution in [-0.4, -0.2) is 35.2 Å². The zero-order valence-electron chi connectivity index (χ0n) is 15.8. The molecule has 2 amide bonds. The number of pyridine rings is 1. The number of carbonyl (C=O) groups excluding carboxylic acids is 2. The molecule has 1 aliphatic rings. The highest BCUT2D eigenvalue weighted by Gasteiger charge is 2.35. The first-order valence-corrected chi connectivity index (χ1v) is 9.25. The van der Waals surface area contributed by atoms with E-state index in [1.54, 1.807) is 45.2 Å². The smallest absolute Gasteiger partial charge is 0.408 e. The molecular weight excluding hydrogens is 385 g/mol. The average Bonchev–Trinajstić information content (AvgIpc) is 2.94. The van der Waals surface area contributed by atoms with Gasteiger partial charge in [-0.05, 0) is 57.0 Å². The van der Waals surface area contributed by atoms with Gasteiger partial charge in [0, 0.05) is 18.3 Å². The fourth-order valence-electron chi connectivity index (χ4n) is 3.00. The second-order valence-electron chi connectivity index (χ2n) is 7.49. The summed E-state index contributed by atoms with van der Waals surface area (Å²) in [4.78, 5) is 29.8. The number of carbonyl (C=O) groups is 2. The Hall–Kier alpha value is -2.67. The van der Waals surface area contributed by atoms with Crippen LogP contribution in [0.3, 0.4) is 0 Å². The van der Waals surface area contributed by atoms with Crippen LogP contribution in [0.1, 0.15) is 27.2 Å². The van der Waals surface area contributed by atoms with E-state index < -0.39 is 23.6 Å². The summed E-state index contributed by atoms with van der Waals surface area (Å²) in [7, 11) is 0. The Morgan fingerprint density at radius 2 is 2.11 bits per heavy atom. The predicted octanol–water partition coefficient (Wildman–Crippen LogP) is 4.17. The van der Waals surface area contributed by atoms with E-state index in [1.165, 1.54) is 17.0 Å². The van der Waals surface area contributed by atoms with E-state index in [0.29, 0.717) is 24.1 Å². The summed E-state index contributed by atoms with van der Waals surface area (Å²) in [5, 5.41) is 2.82. The number of nitrogens with zero attached hydrogens (tertiary/aromatic N) is 2. The number of hydrogen-bond acceptors (Lipinski definition) is 4. The van der Waals surface area contributed by atoms with Crippen molar-refractivity contribution in [3.63, 3.8) is 0 Å². The minimum atomic E-state index is -0.748. The lowest BCUT2D eigenvalue weighted by Gasteiger charge is -2.22. The van der Waals surface area contributed by atoms with E-state index in [2.05, 4.69) is 10.3 Å². The van der Waals surface area contributed by atoms with E-state index in [4.69, 9.17) is 16.3 Å². The van der Waals surface area contributed by atoms with Crippen molar-refractivity contribution in [2.75, 3.05) is 11.4 Å². The molecular formula is C20H21ClFN3O3. The minimum absolute atomic E-state index is 0.155. The third kappa shape index (κ3) is 4.42. The highest BCUT2D eigenvalue weighted by atomic mass is 35.5. The Morgan fingerprint density at radius 3 is 2.75 bits per heavy atom. The topological polar surface area (TPSA) is 71.5 Å². The third-order valence-corrected chi connectivity index (χ3v) is 4.51. The molecule has 2 aromatic rings. The van der Waals surface area contributed by atoms with Crippen molar-refractivity contribution in [3.05, 3.63) is 47.5 Å². The van der Waals surface area contributed by atoms with Crippen LogP contribution in [0, 0.1) is 5.82 Å². The molecule has 148 valence electrons. The monoisotopic (exact) mass is 405 g/mol. The lowest BCUT2D eigenvalue weighted by molar-refractivity contribution is -0.118. The first-order valence-electron chi connectivity index (χ1n) is 8.87. The van der Waals surface area contributed by atoms with E-state index in [9.17, 15) is 14.0 Å². The van der Waals surface area contributed by atoms with Crippen molar-refractivity contribution in [3.8, 4) is 11.1 Å². The van der Waals surface area contributed by atoms with Crippen molar-refractivity contribution in [1.29, 1.82) is 0 Å². The van der Waals surface area contributed by atoms with Crippen LogP contribution in [0.15, 0.2) is 36.5 Å². The number of benzene rings is 1. The molecule has 8 heteroatoms. The van der Waals surface area contributed by atoms with Gasteiger partial charge in [0.1, 0.15) is 22.6 Å². The quantitative estimate of drug-likeness (QED) is 0.778. The van der Waals surface area contributed by atoms with Crippen LogP contribution >= 0.6 is 11.6 Å². The fraction of sp³-hybridized carbons (Fsp3) is 0.350. The predicted molar refractivity (Wildman–Crippen MR) is 105 cm³/mol. The number of halogens is 2. The van der Waals surface area contributed by atoms with Crippen molar-refractivity contribution in [2.45, 2.75) is 38.8 Å². The summed E-state index contributed by atoms with van der Waals surface area (Å²) >= 11 is 6.06. The van der Waals surface area contributed by atoms with Gasteiger partial charge in [0.25, 0.3) is 0 Å². The maximum absolute atomic E-state index is 14.7. The molecule has 6 nitrogen and oxygen atoms in total. The second kappa shape index (κ2) is 7.75. The third-order valence-electron chi connectivity index (χ3n) is 4.21. The molecule has 2 heterocycles. The molecule has 1 aromatic carbocycles. The SMILES string of the molecule is CC(C)(C)OC(=O)N[C@H]1CCN(c2ccc(-c3cccnc3Cl)cc2F)C1=O. The summed E-state index contributed by atoms with van der Waals surface area (Å²) in [6, 6.07) is 7.24. The van der Waals surface area contributed by atoms with Gasteiger partial charge in [-0.25, -0.2) is 14.2 Å². The van der Waals surface area contributed by atoms with Crippen molar-refractivity contribution < 1.29 is 18.7 Å². The molecule has 1 saturated heterocycles. The van der Waals surface area contributed by atoms with Gasteiger partial charge in [0.15, 0.2) is 0 Å². The van der Waals surface area contributed by atoms with E-state index in [0.717, 1.165) is 0 Å². The van der Waals surface area contributed by atoms with Crippen molar-refractivity contribution in [2.24, 2.45) is 0 Å². The highest BCUT2D eigenvalue weighted by molar-refractivity contribution is 6.32. The maximum Gasteiger partial charge on any atom is 0.408 e. The van der Waals surface area contributed by atoms with Gasteiger partial charge >= 0.3 is 6.09 Å². The molecule has 0 saturated carbocycles. The Balaban J connectivity index is 1.75. The normalized spacial score (nSPS) is 17.0. The molecule has 1 aromatic heterocycles. The zero-order valence-corrected chi connectivity index (χ0v) is 16.6. The van der Waals surface area contributed by atoms with Crippen LogP contribution < -0.4 is 10.2 Å². The fourth-order valence-corrected chi connectivity index (χ4v) is 3.23. The van der Waals surface area contributed by atoms with E-state index >= 15 is 0 Å². The van der Waals surface area contributed by atoms with Crippen molar-refractivity contribution in [1.82, 2.24) is 10.3 Å². The van der Waals surface area contributed by atoms with Gasteiger partial charge in [-0.15, -0.1) is 0 Å².